The zero-order valence-corrected chi connectivity index (χ0v) is 42.8. The highest BCUT2D eigenvalue weighted by molar-refractivity contribution is 5.76. The Morgan fingerprint density at radius 2 is 0.906 bits per heavy atom. The lowest BCUT2D eigenvalue weighted by Crippen LogP contribution is -2.38. The molecule has 0 bridgehead atoms. The Morgan fingerprint density at radius 3 is 1.38 bits per heavy atom. The first-order chi connectivity index (χ1) is 31.1. The van der Waals surface area contributed by atoms with Crippen molar-refractivity contribution < 1.29 is 38.1 Å². The molecule has 10 nitrogen and oxygen atoms in total. The standard InChI is InChI=1S/C54H102N2O8/c1-7-11-21-31-47(32-22-12-8-2)35-29-43-61-51(57)37-25-17-15-19-27-40-56-46-49(64-53(59)39-41-55(5)6)45-50(56)54(60)63-42-28-20-16-18-26-38-52(58)62-44-30-36-48(33-23-13-9-3)34-24-14-10-4/h47-50H,7-46H2,1-6H3/t49?,50-/m0/s1. The number of carbonyl (C=O) groups excluding carboxylic acids is 4. The van der Waals surface area contributed by atoms with Crippen LogP contribution < -0.4 is 0 Å². The highest BCUT2D eigenvalue weighted by Crippen LogP contribution is 2.25. The van der Waals surface area contributed by atoms with Gasteiger partial charge in [0.1, 0.15) is 12.1 Å². The predicted octanol–water partition coefficient (Wildman–Crippen LogP) is 13.3. The van der Waals surface area contributed by atoms with Crippen molar-refractivity contribution in [3.05, 3.63) is 0 Å². The Bertz CT molecular complexity index is 1110. The first-order valence-electron chi connectivity index (χ1n) is 27.2. The topological polar surface area (TPSA) is 112 Å². The summed E-state index contributed by atoms with van der Waals surface area (Å²) in [6.45, 7) is 12.4. The molecule has 0 aliphatic carbocycles. The molecule has 1 unspecified atom stereocenters. The van der Waals surface area contributed by atoms with E-state index < -0.39 is 6.04 Å². The number of hydrogen-bond donors (Lipinski definition) is 0. The zero-order chi connectivity index (χ0) is 46.9. The van der Waals surface area contributed by atoms with Crippen LogP contribution in [0.5, 0.6) is 0 Å². The van der Waals surface area contributed by atoms with Gasteiger partial charge in [-0.2, -0.15) is 0 Å². The Balaban J connectivity index is 2.34. The fourth-order valence-corrected chi connectivity index (χ4v) is 9.14. The van der Waals surface area contributed by atoms with Gasteiger partial charge in [-0.1, -0.05) is 169 Å². The molecule has 376 valence electrons. The van der Waals surface area contributed by atoms with Crippen molar-refractivity contribution in [1.29, 1.82) is 0 Å². The summed E-state index contributed by atoms with van der Waals surface area (Å²) in [6, 6.07) is -0.414. The number of nitrogens with zero attached hydrogens (tertiary/aromatic N) is 2. The molecule has 0 saturated carbocycles. The average molecular weight is 907 g/mol. The maximum atomic E-state index is 13.3. The second-order valence-electron chi connectivity index (χ2n) is 19.6. The van der Waals surface area contributed by atoms with Crippen LogP contribution in [0.1, 0.15) is 246 Å². The summed E-state index contributed by atoms with van der Waals surface area (Å²) in [5, 5.41) is 0. The first kappa shape index (κ1) is 59.8. The monoisotopic (exact) mass is 907 g/mol. The maximum absolute atomic E-state index is 13.3. The normalized spacial score (nSPS) is 15.4. The summed E-state index contributed by atoms with van der Waals surface area (Å²) < 4.78 is 22.8. The van der Waals surface area contributed by atoms with Gasteiger partial charge in [0, 0.05) is 32.4 Å². The third-order valence-corrected chi connectivity index (χ3v) is 13.2. The van der Waals surface area contributed by atoms with E-state index in [2.05, 4.69) is 32.6 Å². The highest BCUT2D eigenvalue weighted by atomic mass is 16.6. The average Bonchev–Trinajstić information content (AvgIpc) is 3.68. The summed E-state index contributed by atoms with van der Waals surface area (Å²) >= 11 is 0. The van der Waals surface area contributed by atoms with Gasteiger partial charge in [0.15, 0.2) is 0 Å². The second kappa shape index (κ2) is 42.2. The highest BCUT2D eigenvalue weighted by Gasteiger charge is 2.39. The minimum atomic E-state index is -0.414. The molecule has 10 heteroatoms. The summed E-state index contributed by atoms with van der Waals surface area (Å²) in [5.74, 6) is 0.917. The van der Waals surface area contributed by atoms with E-state index in [0.717, 1.165) is 108 Å². The zero-order valence-electron chi connectivity index (χ0n) is 42.8. The minimum absolute atomic E-state index is 0.0740. The van der Waals surface area contributed by atoms with Gasteiger partial charge in [-0.3, -0.25) is 24.1 Å². The van der Waals surface area contributed by atoms with Crippen LogP contribution in [-0.2, 0) is 38.1 Å². The van der Waals surface area contributed by atoms with Crippen molar-refractivity contribution >= 4 is 23.9 Å². The molecule has 0 amide bonds. The van der Waals surface area contributed by atoms with Crippen LogP contribution >= 0.6 is 0 Å². The van der Waals surface area contributed by atoms with Crippen LogP contribution in [0, 0.1) is 11.8 Å². The Kier molecular flexibility index (Phi) is 39.4. The third-order valence-electron chi connectivity index (χ3n) is 13.2. The molecule has 2 atom stereocenters. The minimum Gasteiger partial charge on any atom is -0.466 e. The summed E-state index contributed by atoms with van der Waals surface area (Å²) in [6.07, 6.45) is 35.7. The summed E-state index contributed by atoms with van der Waals surface area (Å²) in [7, 11) is 3.87. The van der Waals surface area contributed by atoms with E-state index >= 15 is 0 Å². The number of ether oxygens (including phenoxy) is 4. The van der Waals surface area contributed by atoms with Crippen LogP contribution in [0.2, 0.25) is 0 Å². The van der Waals surface area contributed by atoms with Gasteiger partial charge in [-0.15, -0.1) is 0 Å². The Hall–Kier alpha value is -2.20. The molecule has 0 aromatic rings. The van der Waals surface area contributed by atoms with E-state index in [-0.39, 0.29) is 30.0 Å². The van der Waals surface area contributed by atoms with Gasteiger partial charge >= 0.3 is 23.9 Å². The summed E-state index contributed by atoms with van der Waals surface area (Å²) in [5.41, 5.74) is 0. The van der Waals surface area contributed by atoms with E-state index in [1.807, 2.05) is 19.0 Å². The fraction of sp³-hybridized carbons (Fsp3) is 0.926. The lowest BCUT2D eigenvalue weighted by molar-refractivity contribution is -0.151. The van der Waals surface area contributed by atoms with Crippen molar-refractivity contribution in [3.63, 3.8) is 0 Å². The van der Waals surface area contributed by atoms with E-state index in [1.54, 1.807) is 0 Å². The molecule has 1 heterocycles. The molecule has 64 heavy (non-hydrogen) atoms. The van der Waals surface area contributed by atoms with Crippen molar-refractivity contribution in [3.8, 4) is 0 Å². The predicted molar refractivity (Wildman–Crippen MR) is 263 cm³/mol. The molecule has 1 fully saturated rings. The van der Waals surface area contributed by atoms with E-state index in [0.29, 0.717) is 58.6 Å². The number of hydrogen-bond acceptors (Lipinski definition) is 10. The van der Waals surface area contributed by atoms with Crippen LogP contribution in [0.25, 0.3) is 0 Å². The number of carbonyl (C=O) groups is 4. The fourth-order valence-electron chi connectivity index (χ4n) is 9.14. The van der Waals surface area contributed by atoms with Crippen molar-refractivity contribution in [2.24, 2.45) is 11.8 Å². The van der Waals surface area contributed by atoms with Crippen molar-refractivity contribution in [1.82, 2.24) is 9.80 Å². The molecule has 1 saturated heterocycles. The lowest BCUT2D eigenvalue weighted by Gasteiger charge is -2.22. The van der Waals surface area contributed by atoms with Crippen LogP contribution in [0.3, 0.4) is 0 Å². The Labute approximate surface area is 394 Å². The van der Waals surface area contributed by atoms with Gasteiger partial charge in [-0.25, -0.2) is 0 Å². The molecule has 0 aromatic carbocycles. The molecule has 1 aliphatic heterocycles. The van der Waals surface area contributed by atoms with Gasteiger partial charge in [-0.05, 0) is 83.8 Å². The van der Waals surface area contributed by atoms with Crippen LogP contribution in [-0.4, -0.2) is 99.4 Å². The summed E-state index contributed by atoms with van der Waals surface area (Å²) in [4.78, 5) is 54.7. The molecule has 1 rings (SSSR count). The molecule has 0 spiro atoms. The molecular weight excluding hydrogens is 805 g/mol. The molecular formula is C54H102N2O8. The van der Waals surface area contributed by atoms with E-state index in [1.165, 1.54) is 103 Å². The number of likely N-dealkylation sites (tertiary alicyclic amines) is 1. The van der Waals surface area contributed by atoms with Crippen molar-refractivity contribution in [2.45, 2.75) is 258 Å². The SMILES string of the molecule is CCCCCC(CCCCC)CCCOC(=O)CCCCCCCOC(=O)[C@@H]1CC(OC(=O)CCN(C)C)CN1CCCCCCCC(=O)OCCCC(CCCCC)CCCCC. The Morgan fingerprint density at radius 1 is 0.484 bits per heavy atom. The number of rotatable bonds is 45. The first-order valence-corrected chi connectivity index (χ1v) is 27.2. The van der Waals surface area contributed by atoms with Gasteiger partial charge in [0.2, 0.25) is 0 Å². The molecule has 0 N–H and O–H groups in total. The maximum Gasteiger partial charge on any atom is 0.323 e. The molecule has 0 aromatic heterocycles. The van der Waals surface area contributed by atoms with E-state index in [9.17, 15) is 19.2 Å². The van der Waals surface area contributed by atoms with Gasteiger partial charge < -0.3 is 23.8 Å². The number of esters is 4. The molecule has 1 aliphatic rings. The third kappa shape index (κ3) is 34.2. The smallest absolute Gasteiger partial charge is 0.323 e. The van der Waals surface area contributed by atoms with Gasteiger partial charge in [0.25, 0.3) is 0 Å². The van der Waals surface area contributed by atoms with Crippen LogP contribution in [0.15, 0.2) is 0 Å². The largest absolute Gasteiger partial charge is 0.466 e. The van der Waals surface area contributed by atoms with Gasteiger partial charge in [0.05, 0.1) is 26.2 Å². The van der Waals surface area contributed by atoms with Crippen LogP contribution in [0.4, 0.5) is 0 Å². The molecule has 0 radical (unpaired) electrons. The van der Waals surface area contributed by atoms with E-state index in [4.69, 9.17) is 18.9 Å². The number of unbranched alkanes of at least 4 members (excludes halogenated alkanes) is 16. The second-order valence-corrected chi connectivity index (χ2v) is 19.6. The van der Waals surface area contributed by atoms with Crippen molar-refractivity contribution in [2.75, 3.05) is 53.6 Å². The quantitative estimate of drug-likeness (QED) is 0.0333. The lowest BCUT2D eigenvalue weighted by atomic mass is 9.91.